The van der Waals surface area contributed by atoms with E-state index in [1.54, 1.807) is 6.08 Å². The fraction of sp³-hybridized carbons (Fsp3) is 0.708. The lowest BCUT2D eigenvalue weighted by Gasteiger charge is -2.11. The molecule has 29 heavy (non-hydrogen) atoms. The molecule has 0 heterocycles. The Morgan fingerprint density at radius 3 is 2.00 bits per heavy atom. The van der Waals surface area contributed by atoms with Crippen molar-refractivity contribution in [2.24, 2.45) is 5.73 Å². The highest BCUT2D eigenvalue weighted by Crippen LogP contribution is 2.30. The Labute approximate surface area is 178 Å². The summed E-state index contributed by atoms with van der Waals surface area (Å²) in [6.07, 6.45) is 18.2. The summed E-state index contributed by atoms with van der Waals surface area (Å²) in [5.41, 5.74) is 6.33. The fourth-order valence-corrected chi connectivity index (χ4v) is 2.75. The molecule has 0 atom stereocenters. The van der Waals surface area contributed by atoms with Crippen molar-refractivity contribution in [1.29, 1.82) is 0 Å². The quantitative estimate of drug-likeness (QED) is 0.260. The third-order valence-electron chi connectivity index (χ3n) is 4.54. The summed E-state index contributed by atoms with van der Waals surface area (Å²) in [5, 5.41) is 2.94. The lowest BCUT2D eigenvalue weighted by atomic mass is 10.0. The Morgan fingerprint density at radius 2 is 1.66 bits per heavy atom. The van der Waals surface area contributed by atoms with Crippen LogP contribution < -0.4 is 11.1 Å². The molecule has 0 aromatic carbocycles. The van der Waals surface area contributed by atoms with Gasteiger partial charge in [-0.2, -0.15) is 0 Å². The Bertz CT molecular complexity index is 477. The standard InChI is InChI=1S/C11H20N2O2.C7H12O.C6H12/c1-2-3-4-7-15-11(9-5-6-9)13-8-10(12)14;1-4-7(5-2)8-6-3;1-2-4-6-5-3-1/h13H,2-8H2,1H3,(H2,12,14);4-5H,1,6H2,2-3H3;1-6H2. The first-order valence-electron chi connectivity index (χ1n) is 11.4. The van der Waals surface area contributed by atoms with Crippen LogP contribution in [0.5, 0.6) is 0 Å². The minimum absolute atomic E-state index is 0.159. The van der Waals surface area contributed by atoms with Crippen molar-refractivity contribution >= 4 is 5.91 Å². The molecule has 2 fully saturated rings. The molecule has 0 bridgehead atoms. The molecule has 3 N–H and O–H groups in total. The largest absolute Gasteiger partial charge is 0.494 e. The van der Waals surface area contributed by atoms with E-state index in [-0.39, 0.29) is 12.5 Å². The molecule has 0 unspecified atom stereocenters. The van der Waals surface area contributed by atoms with Crippen molar-refractivity contribution in [2.45, 2.75) is 91.4 Å². The van der Waals surface area contributed by atoms with E-state index in [0.717, 1.165) is 37.5 Å². The maximum Gasteiger partial charge on any atom is 0.236 e. The van der Waals surface area contributed by atoms with E-state index in [1.165, 1.54) is 56.9 Å². The topological polar surface area (TPSA) is 73.6 Å². The summed E-state index contributed by atoms with van der Waals surface area (Å²) >= 11 is 0. The van der Waals surface area contributed by atoms with Crippen molar-refractivity contribution in [3.8, 4) is 0 Å². The van der Waals surface area contributed by atoms with Crippen molar-refractivity contribution in [3.05, 3.63) is 35.9 Å². The fourth-order valence-electron chi connectivity index (χ4n) is 2.75. The number of primary amides is 1. The summed E-state index contributed by atoms with van der Waals surface area (Å²) in [5.74, 6) is 1.28. The van der Waals surface area contributed by atoms with Crippen LogP contribution in [-0.4, -0.2) is 25.7 Å². The normalized spacial score (nSPS) is 15.0. The van der Waals surface area contributed by atoms with E-state index in [4.69, 9.17) is 15.2 Å². The van der Waals surface area contributed by atoms with Crippen LogP contribution in [0.25, 0.3) is 0 Å². The van der Waals surface area contributed by atoms with Gasteiger partial charge in [0.25, 0.3) is 0 Å². The number of carbonyl (C=O) groups excluding carboxylic acids is 1. The minimum atomic E-state index is -0.356. The number of nitrogens with two attached hydrogens (primary N) is 1. The Kier molecular flexibility index (Phi) is 18.1. The molecule has 0 saturated heterocycles. The number of ether oxygens (including phenoxy) is 2. The smallest absolute Gasteiger partial charge is 0.236 e. The second-order valence-electron chi connectivity index (χ2n) is 7.26. The van der Waals surface area contributed by atoms with Gasteiger partial charge in [0, 0.05) is 0 Å². The second-order valence-corrected chi connectivity index (χ2v) is 7.26. The number of rotatable bonds is 11. The van der Waals surface area contributed by atoms with E-state index in [9.17, 15) is 4.79 Å². The highest BCUT2D eigenvalue weighted by atomic mass is 16.5. The molecule has 2 aliphatic carbocycles. The lowest BCUT2D eigenvalue weighted by Crippen LogP contribution is -2.29. The molecule has 5 nitrogen and oxygen atoms in total. The predicted molar refractivity (Wildman–Crippen MR) is 122 cm³/mol. The average Bonchev–Trinajstić information content (AvgIpc) is 3.59. The molecule has 0 aromatic heterocycles. The zero-order chi connectivity index (χ0) is 21.7. The maximum atomic E-state index is 10.6. The summed E-state index contributed by atoms with van der Waals surface area (Å²) < 4.78 is 10.7. The molecule has 5 heteroatoms. The summed E-state index contributed by atoms with van der Waals surface area (Å²) in [6, 6.07) is 0. The average molecular weight is 409 g/mol. The van der Waals surface area contributed by atoms with Crippen LogP contribution >= 0.6 is 0 Å². The van der Waals surface area contributed by atoms with Gasteiger partial charge in [-0.25, -0.2) is 0 Å². The number of unbranched alkanes of at least 4 members (excludes halogenated alkanes) is 2. The minimum Gasteiger partial charge on any atom is -0.494 e. The molecule has 0 aliphatic heterocycles. The van der Waals surface area contributed by atoms with Crippen molar-refractivity contribution in [2.75, 3.05) is 19.8 Å². The van der Waals surface area contributed by atoms with E-state index in [1.807, 2.05) is 19.9 Å². The van der Waals surface area contributed by atoms with Crippen LogP contribution in [0.2, 0.25) is 0 Å². The van der Waals surface area contributed by atoms with Gasteiger partial charge in [-0.05, 0) is 50.8 Å². The summed E-state index contributed by atoms with van der Waals surface area (Å²) in [6.45, 7) is 11.2. The van der Waals surface area contributed by atoms with E-state index >= 15 is 0 Å². The molecule has 2 saturated carbocycles. The highest BCUT2D eigenvalue weighted by Gasteiger charge is 2.19. The number of hydrogen-bond donors (Lipinski definition) is 2. The van der Waals surface area contributed by atoms with Crippen molar-refractivity contribution in [1.82, 2.24) is 5.32 Å². The van der Waals surface area contributed by atoms with Gasteiger partial charge in [0.15, 0.2) is 5.88 Å². The van der Waals surface area contributed by atoms with Gasteiger partial charge in [0.2, 0.25) is 5.91 Å². The predicted octanol–water partition coefficient (Wildman–Crippen LogP) is 5.73. The summed E-state index contributed by atoms with van der Waals surface area (Å²) in [7, 11) is 0. The molecule has 0 spiro atoms. The monoisotopic (exact) mass is 408 g/mol. The van der Waals surface area contributed by atoms with Gasteiger partial charge < -0.3 is 20.5 Å². The highest BCUT2D eigenvalue weighted by molar-refractivity contribution is 5.76. The Balaban J connectivity index is 0.000000466. The van der Waals surface area contributed by atoms with Crippen molar-refractivity contribution < 1.29 is 14.3 Å². The molecule has 0 aromatic rings. The molecule has 0 radical (unpaired) electrons. The van der Waals surface area contributed by atoms with Gasteiger partial charge in [-0.15, -0.1) is 0 Å². The Hall–Kier alpha value is -1.91. The number of nitrogens with one attached hydrogen (secondary N) is 1. The van der Waals surface area contributed by atoms with Gasteiger partial charge >= 0.3 is 0 Å². The van der Waals surface area contributed by atoms with E-state index in [2.05, 4.69) is 18.8 Å². The van der Waals surface area contributed by atoms with Gasteiger partial charge in [-0.1, -0.05) is 64.9 Å². The Morgan fingerprint density at radius 1 is 1.07 bits per heavy atom. The maximum absolute atomic E-state index is 10.6. The molecule has 2 aliphatic rings. The first-order valence-corrected chi connectivity index (χ1v) is 11.4. The van der Waals surface area contributed by atoms with Crippen LogP contribution in [0.4, 0.5) is 0 Å². The van der Waals surface area contributed by atoms with Gasteiger partial charge in [0.05, 0.1) is 19.8 Å². The molecule has 2 rings (SSSR count). The SMILES string of the molecule is C1CCCCC1.C=CC(=CC)OCC.CCCCCOC(NCC(N)=O)=C1CC1. The molecular weight excluding hydrogens is 364 g/mol. The van der Waals surface area contributed by atoms with Crippen LogP contribution in [0, 0.1) is 0 Å². The number of hydrogen-bond acceptors (Lipinski definition) is 4. The number of amides is 1. The number of carbonyl (C=O) groups is 1. The zero-order valence-corrected chi connectivity index (χ0v) is 19.1. The van der Waals surface area contributed by atoms with Crippen molar-refractivity contribution in [3.63, 3.8) is 0 Å². The van der Waals surface area contributed by atoms with Crippen LogP contribution in [0.3, 0.4) is 0 Å². The van der Waals surface area contributed by atoms with Gasteiger partial charge in [-0.3, -0.25) is 4.79 Å². The first kappa shape index (κ1) is 27.1. The third-order valence-corrected chi connectivity index (χ3v) is 4.54. The van der Waals surface area contributed by atoms with Crippen LogP contribution in [0.15, 0.2) is 35.9 Å². The molecular formula is C24H44N2O3. The number of allylic oxidation sites excluding steroid dienone is 3. The second kappa shape index (κ2) is 19.4. The molecule has 1 amide bonds. The third kappa shape index (κ3) is 17.9. The van der Waals surface area contributed by atoms with E-state index in [0.29, 0.717) is 6.61 Å². The van der Waals surface area contributed by atoms with Gasteiger partial charge in [0.1, 0.15) is 5.76 Å². The van der Waals surface area contributed by atoms with Crippen LogP contribution in [-0.2, 0) is 14.3 Å². The van der Waals surface area contributed by atoms with Crippen LogP contribution in [0.1, 0.15) is 91.4 Å². The molecule has 168 valence electrons. The first-order chi connectivity index (χ1) is 14.1. The van der Waals surface area contributed by atoms with E-state index < -0.39 is 0 Å². The summed E-state index contributed by atoms with van der Waals surface area (Å²) in [4.78, 5) is 10.6. The zero-order valence-electron chi connectivity index (χ0n) is 19.1. The lowest BCUT2D eigenvalue weighted by molar-refractivity contribution is -0.117.